The van der Waals surface area contributed by atoms with Gasteiger partial charge in [0.1, 0.15) is 5.82 Å². The van der Waals surface area contributed by atoms with Crippen molar-refractivity contribution in [1.82, 2.24) is 9.55 Å². The Balaban J connectivity index is 2.03. The first-order valence-corrected chi connectivity index (χ1v) is 6.53. The Bertz CT molecular complexity index is 418. The van der Waals surface area contributed by atoms with E-state index >= 15 is 0 Å². The number of Topliss-reactive ketones (excluding diaryl/α,β-unsaturated/α-hetero) is 1. The van der Waals surface area contributed by atoms with Gasteiger partial charge in [-0.25, -0.2) is 4.98 Å². The highest BCUT2D eigenvalue weighted by molar-refractivity contribution is 5.96. The average molecular weight is 232 g/mol. The standard InChI is InChI=1S/C14H20N2O/c1-2-16-10-9-15-14(16)11-13(17)12-7-5-3-4-6-8-12/h7,9-10H,2-6,8,11H2,1H3. The monoisotopic (exact) mass is 232 g/mol. The minimum Gasteiger partial charge on any atom is -0.335 e. The molecule has 1 aliphatic rings. The number of imidazole rings is 1. The van der Waals surface area contributed by atoms with Gasteiger partial charge in [0.15, 0.2) is 5.78 Å². The third-order valence-electron chi connectivity index (χ3n) is 3.36. The van der Waals surface area contributed by atoms with Crippen LogP contribution in [-0.4, -0.2) is 15.3 Å². The Morgan fingerprint density at radius 2 is 2.29 bits per heavy atom. The summed E-state index contributed by atoms with van der Waals surface area (Å²) in [6, 6.07) is 0. The van der Waals surface area contributed by atoms with Crippen LogP contribution in [0, 0.1) is 0 Å². The van der Waals surface area contributed by atoms with Gasteiger partial charge in [-0.15, -0.1) is 0 Å². The summed E-state index contributed by atoms with van der Waals surface area (Å²) < 4.78 is 2.04. The fourth-order valence-electron chi connectivity index (χ4n) is 2.32. The molecule has 0 unspecified atom stereocenters. The number of rotatable bonds is 4. The number of carbonyl (C=O) groups excluding carboxylic acids is 1. The van der Waals surface area contributed by atoms with E-state index in [4.69, 9.17) is 0 Å². The maximum Gasteiger partial charge on any atom is 0.166 e. The predicted molar refractivity (Wildman–Crippen MR) is 67.8 cm³/mol. The zero-order valence-corrected chi connectivity index (χ0v) is 10.5. The quantitative estimate of drug-likeness (QED) is 0.800. The third kappa shape index (κ3) is 3.05. The molecule has 3 nitrogen and oxygen atoms in total. The van der Waals surface area contributed by atoms with Gasteiger partial charge in [-0.3, -0.25) is 4.79 Å². The average Bonchev–Trinajstić information content (AvgIpc) is 2.62. The fourth-order valence-corrected chi connectivity index (χ4v) is 2.32. The Hall–Kier alpha value is -1.38. The highest BCUT2D eigenvalue weighted by atomic mass is 16.1. The number of allylic oxidation sites excluding steroid dienone is 2. The van der Waals surface area contributed by atoms with Crippen molar-refractivity contribution < 1.29 is 4.79 Å². The normalized spacial score (nSPS) is 16.4. The van der Waals surface area contributed by atoms with Gasteiger partial charge in [-0.1, -0.05) is 12.5 Å². The molecule has 2 rings (SSSR count). The van der Waals surface area contributed by atoms with Crippen LogP contribution < -0.4 is 0 Å². The highest BCUT2D eigenvalue weighted by Gasteiger charge is 2.14. The number of hydrogen-bond acceptors (Lipinski definition) is 2. The molecule has 0 spiro atoms. The first-order valence-electron chi connectivity index (χ1n) is 6.53. The lowest BCUT2D eigenvalue weighted by molar-refractivity contribution is -0.115. The van der Waals surface area contributed by atoms with E-state index in [2.05, 4.69) is 18.0 Å². The SMILES string of the molecule is CCn1ccnc1CC(=O)C1=CCCCCC1. The van der Waals surface area contributed by atoms with Gasteiger partial charge in [0, 0.05) is 18.9 Å². The number of carbonyl (C=O) groups is 1. The van der Waals surface area contributed by atoms with Gasteiger partial charge >= 0.3 is 0 Å². The molecule has 92 valence electrons. The molecule has 0 bridgehead atoms. The topological polar surface area (TPSA) is 34.9 Å². The third-order valence-corrected chi connectivity index (χ3v) is 3.36. The Labute approximate surface area is 103 Å². The fraction of sp³-hybridized carbons (Fsp3) is 0.571. The van der Waals surface area contributed by atoms with Crippen molar-refractivity contribution in [3.05, 3.63) is 29.9 Å². The summed E-state index contributed by atoms with van der Waals surface area (Å²) in [6.07, 6.45) is 11.9. The van der Waals surface area contributed by atoms with E-state index in [9.17, 15) is 4.79 Å². The van der Waals surface area contributed by atoms with Crippen LogP contribution in [0.2, 0.25) is 0 Å². The predicted octanol–water partition coefficient (Wildman–Crippen LogP) is 2.91. The summed E-state index contributed by atoms with van der Waals surface area (Å²) >= 11 is 0. The smallest absolute Gasteiger partial charge is 0.166 e. The minimum absolute atomic E-state index is 0.257. The van der Waals surface area contributed by atoms with E-state index in [0.717, 1.165) is 37.2 Å². The van der Waals surface area contributed by atoms with Crippen molar-refractivity contribution in [2.45, 2.75) is 52.0 Å². The lowest BCUT2D eigenvalue weighted by Crippen LogP contribution is -2.11. The zero-order valence-electron chi connectivity index (χ0n) is 10.5. The summed E-state index contributed by atoms with van der Waals surface area (Å²) in [4.78, 5) is 16.4. The first-order chi connectivity index (χ1) is 8.31. The molecule has 0 aromatic carbocycles. The maximum absolute atomic E-state index is 12.2. The molecule has 0 saturated heterocycles. The van der Waals surface area contributed by atoms with Gasteiger partial charge in [0.2, 0.25) is 0 Å². The summed E-state index contributed by atoms with van der Waals surface area (Å²) in [5.74, 6) is 1.15. The van der Waals surface area contributed by atoms with Gasteiger partial charge in [-0.05, 0) is 38.2 Å². The molecule has 1 aliphatic carbocycles. The number of aromatic nitrogens is 2. The van der Waals surface area contributed by atoms with Crippen molar-refractivity contribution in [3.8, 4) is 0 Å². The van der Waals surface area contributed by atoms with Crippen LogP contribution in [0.5, 0.6) is 0 Å². The second-order valence-corrected chi connectivity index (χ2v) is 4.56. The van der Waals surface area contributed by atoms with Gasteiger partial charge in [0.05, 0.1) is 6.42 Å². The summed E-state index contributed by atoms with van der Waals surface area (Å²) in [6.45, 7) is 2.95. The van der Waals surface area contributed by atoms with Crippen LogP contribution in [0.1, 0.15) is 44.9 Å². The molecule has 0 N–H and O–H groups in total. The Morgan fingerprint density at radius 1 is 1.41 bits per heavy atom. The van der Waals surface area contributed by atoms with E-state index in [0.29, 0.717) is 6.42 Å². The molecule has 0 atom stereocenters. The van der Waals surface area contributed by atoms with Crippen molar-refractivity contribution in [2.75, 3.05) is 0 Å². The molecular weight excluding hydrogens is 212 g/mol. The Morgan fingerprint density at radius 3 is 3.12 bits per heavy atom. The molecule has 1 aromatic rings. The van der Waals surface area contributed by atoms with Crippen molar-refractivity contribution in [2.24, 2.45) is 0 Å². The minimum atomic E-state index is 0.257. The second-order valence-electron chi connectivity index (χ2n) is 4.56. The van der Waals surface area contributed by atoms with E-state index in [1.165, 1.54) is 12.8 Å². The van der Waals surface area contributed by atoms with Crippen molar-refractivity contribution in [1.29, 1.82) is 0 Å². The largest absolute Gasteiger partial charge is 0.335 e. The van der Waals surface area contributed by atoms with Gasteiger partial charge < -0.3 is 4.57 Å². The molecule has 1 aromatic heterocycles. The molecule has 0 radical (unpaired) electrons. The van der Waals surface area contributed by atoms with E-state index < -0.39 is 0 Å². The van der Waals surface area contributed by atoms with Crippen molar-refractivity contribution in [3.63, 3.8) is 0 Å². The van der Waals surface area contributed by atoms with Gasteiger partial charge in [-0.2, -0.15) is 0 Å². The van der Waals surface area contributed by atoms with Crippen LogP contribution in [0.15, 0.2) is 24.0 Å². The lowest BCUT2D eigenvalue weighted by atomic mass is 10.0. The van der Waals surface area contributed by atoms with Crippen molar-refractivity contribution >= 4 is 5.78 Å². The molecule has 0 fully saturated rings. The number of nitrogens with zero attached hydrogens (tertiary/aromatic N) is 2. The summed E-state index contributed by atoms with van der Waals surface area (Å²) in [5.41, 5.74) is 1.02. The molecular formula is C14H20N2O. The molecule has 3 heteroatoms. The van der Waals surface area contributed by atoms with E-state index in [1.54, 1.807) is 6.20 Å². The molecule has 0 amide bonds. The second kappa shape index (κ2) is 5.80. The number of hydrogen-bond donors (Lipinski definition) is 0. The highest BCUT2D eigenvalue weighted by Crippen LogP contribution is 2.19. The molecule has 0 aliphatic heterocycles. The number of ketones is 1. The van der Waals surface area contributed by atoms with Gasteiger partial charge in [0.25, 0.3) is 0 Å². The van der Waals surface area contributed by atoms with Crippen LogP contribution in [0.4, 0.5) is 0 Å². The summed E-state index contributed by atoms with van der Waals surface area (Å²) in [7, 11) is 0. The Kier molecular flexibility index (Phi) is 4.13. The molecule has 0 saturated carbocycles. The summed E-state index contributed by atoms with van der Waals surface area (Å²) in [5, 5.41) is 0. The lowest BCUT2D eigenvalue weighted by Gasteiger charge is -2.06. The van der Waals surface area contributed by atoms with E-state index in [-0.39, 0.29) is 5.78 Å². The van der Waals surface area contributed by atoms with Crippen LogP contribution >= 0.6 is 0 Å². The molecule has 17 heavy (non-hydrogen) atoms. The van der Waals surface area contributed by atoms with E-state index in [1.807, 2.05) is 10.8 Å². The number of aryl methyl sites for hydroxylation is 1. The molecule has 1 heterocycles. The zero-order chi connectivity index (χ0) is 12.1. The van der Waals surface area contributed by atoms with Crippen LogP contribution in [0.25, 0.3) is 0 Å². The first kappa shape index (κ1) is 12.1. The van der Waals surface area contributed by atoms with Crippen LogP contribution in [-0.2, 0) is 17.8 Å². The maximum atomic E-state index is 12.2. The van der Waals surface area contributed by atoms with Crippen LogP contribution in [0.3, 0.4) is 0 Å².